The van der Waals surface area contributed by atoms with Crippen molar-refractivity contribution in [2.75, 3.05) is 18.0 Å². The van der Waals surface area contributed by atoms with Gasteiger partial charge in [-0.05, 0) is 30.4 Å². The van der Waals surface area contributed by atoms with Crippen LogP contribution in [-0.4, -0.2) is 23.3 Å². The van der Waals surface area contributed by atoms with Crippen molar-refractivity contribution < 1.29 is 0 Å². The summed E-state index contributed by atoms with van der Waals surface area (Å²) in [5, 5.41) is 8.45. The molecule has 1 fully saturated rings. The van der Waals surface area contributed by atoms with E-state index < -0.39 is 0 Å². The molecule has 1 aliphatic heterocycles. The van der Waals surface area contributed by atoms with E-state index >= 15 is 0 Å². The van der Waals surface area contributed by atoms with Gasteiger partial charge in [-0.2, -0.15) is 0 Å². The maximum atomic E-state index is 5.72. The standard InChI is InChI=1S/C11H16ClN3/c1-8-5-9(2)7-15(6-8)11-4-3-10(12)13-14-11/h3-4,8-9H,5-7H2,1-2H3/t8-,9-/m0/s1. The molecule has 1 aromatic rings. The lowest BCUT2D eigenvalue weighted by atomic mass is 9.92. The van der Waals surface area contributed by atoms with Gasteiger partial charge in [-0.25, -0.2) is 0 Å². The summed E-state index contributed by atoms with van der Waals surface area (Å²) in [6, 6.07) is 3.74. The van der Waals surface area contributed by atoms with Crippen LogP contribution in [0.4, 0.5) is 5.82 Å². The van der Waals surface area contributed by atoms with Gasteiger partial charge in [0.2, 0.25) is 0 Å². The summed E-state index contributed by atoms with van der Waals surface area (Å²) in [6.07, 6.45) is 1.30. The first-order chi connectivity index (χ1) is 7.15. The average molecular weight is 226 g/mol. The van der Waals surface area contributed by atoms with E-state index in [1.807, 2.05) is 6.07 Å². The Morgan fingerprint density at radius 1 is 1.20 bits per heavy atom. The molecule has 0 aliphatic carbocycles. The molecule has 0 saturated carbocycles. The molecule has 82 valence electrons. The number of nitrogens with zero attached hydrogens (tertiary/aromatic N) is 3. The molecule has 4 heteroatoms. The molecule has 2 rings (SSSR count). The third kappa shape index (κ3) is 2.59. The van der Waals surface area contributed by atoms with E-state index in [2.05, 4.69) is 28.9 Å². The van der Waals surface area contributed by atoms with Crippen LogP contribution in [0.15, 0.2) is 12.1 Å². The molecule has 0 N–H and O–H groups in total. The molecule has 0 bridgehead atoms. The van der Waals surface area contributed by atoms with E-state index in [-0.39, 0.29) is 0 Å². The van der Waals surface area contributed by atoms with E-state index in [9.17, 15) is 0 Å². The summed E-state index contributed by atoms with van der Waals surface area (Å²) in [4.78, 5) is 2.29. The molecule has 0 spiro atoms. The van der Waals surface area contributed by atoms with Crippen molar-refractivity contribution >= 4 is 17.4 Å². The van der Waals surface area contributed by atoms with Gasteiger partial charge in [-0.3, -0.25) is 0 Å². The smallest absolute Gasteiger partial charge is 0.151 e. The highest BCUT2D eigenvalue weighted by molar-refractivity contribution is 6.29. The molecular formula is C11H16ClN3. The van der Waals surface area contributed by atoms with E-state index in [4.69, 9.17) is 11.6 Å². The number of anilines is 1. The Kier molecular flexibility index (Phi) is 3.10. The number of hydrogen-bond donors (Lipinski definition) is 0. The molecular weight excluding hydrogens is 210 g/mol. The molecule has 0 aromatic carbocycles. The Morgan fingerprint density at radius 3 is 2.40 bits per heavy atom. The Bertz CT molecular complexity index is 315. The topological polar surface area (TPSA) is 29.0 Å². The minimum absolute atomic E-state index is 0.455. The Balaban J connectivity index is 2.12. The number of rotatable bonds is 1. The Morgan fingerprint density at radius 2 is 1.87 bits per heavy atom. The lowest BCUT2D eigenvalue weighted by Crippen LogP contribution is -2.39. The fourth-order valence-electron chi connectivity index (χ4n) is 2.33. The van der Waals surface area contributed by atoms with E-state index in [1.54, 1.807) is 6.07 Å². The lowest BCUT2D eigenvalue weighted by Gasteiger charge is -2.35. The van der Waals surface area contributed by atoms with Crippen LogP contribution in [0.25, 0.3) is 0 Å². The third-order valence-corrected chi connectivity index (χ3v) is 3.01. The first-order valence-electron chi connectivity index (χ1n) is 5.39. The van der Waals surface area contributed by atoms with Crippen LogP contribution in [0, 0.1) is 11.8 Å². The van der Waals surface area contributed by atoms with Crippen LogP contribution >= 0.6 is 11.6 Å². The highest BCUT2D eigenvalue weighted by Crippen LogP contribution is 2.24. The first kappa shape index (κ1) is 10.7. The van der Waals surface area contributed by atoms with Gasteiger partial charge in [-0.15, -0.1) is 10.2 Å². The fourth-order valence-corrected chi connectivity index (χ4v) is 2.43. The molecule has 0 amide bonds. The predicted molar refractivity (Wildman–Crippen MR) is 62.2 cm³/mol. The summed E-state index contributed by atoms with van der Waals surface area (Å²) in [5.41, 5.74) is 0. The van der Waals surface area contributed by atoms with E-state index in [1.165, 1.54) is 6.42 Å². The molecule has 2 atom stereocenters. The Hall–Kier alpha value is -0.830. The lowest BCUT2D eigenvalue weighted by molar-refractivity contribution is 0.355. The number of hydrogen-bond acceptors (Lipinski definition) is 3. The third-order valence-electron chi connectivity index (χ3n) is 2.81. The summed E-state index contributed by atoms with van der Waals surface area (Å²) < 4.78 is 0. The molecule has 2 heterocycles. The SMILES string of the molecule is C[C@H]1C[C@H](C)CN(c2ccc(Cl)nn2)C1. The van der Waals surface area contributed by atoms with E-state index in [0.717, 1.165) is 30.7 Å². The van der Waals surface area contributed by atoms with Gasteiger partial charge in [0.15, 0.2) is 11.0 Å². The second kappa shape index (κ2) is 4.35. The van der Waals surface area contributed by atoms with Gasteiger partial charge < -0.3 is 4.90 Å². The van der Waals surface area contributed by atoms with Gasteiger partial charge in [0, 0.05) is 13.1 Å². The largest absolute Gasteiger partial charge is 0.355 e. The summed E-state index contributed by atoms with van der Waals surface area (Å²) in [7, 11) is 0. The van der Waals surface area contributed by atoms with Gasteiger partial charge in [0.1, 0.15) is 0 Å². The minimum Gasteiger partial charge on any atom is -0.355 e. The highest BCUT2D eigenvalue weighted by atomic mass is 35.5. The van der Waals surface area contributed by atoms with Crippen molar-refractivity contribution in [1.29, 1.82) is 0 Å². The summed E-state index contributed by atoms with van der Waals surface area (Å²) >= 11 is 5.72. The van der Waals surface area contributed by atoms with Gasteiger partial charge in [0.05, 0.1) is 0 Å². The molecule has 15 heavy (non-hydrogen) atoms. The van der Waals surface area contributed by atoms with Crippen LogP contribution < -0.4 is 4.90 Å². The van der Waals surface area contributed by atoms with Crippen LogP contribution in [0.1, 0.15) is 20.3 Å². The molecule has 1 aromatic heterocycles. The quantitative estimate of drug-likeness (QED) is 0.736. The van der Waals surface area contributed by atoms with Crippen LogP contribution in [-0.2, 0) is 0 Å². The van der Waals surface area contributed by atoms with Crippen LogP contribution in [0.3, 0.4) is 0 Å². The first-order valence-corrected chi connectivity index (χ1v) is 5.77. The summed E-state index contributed by atoms with van der Waals surface area (Å²) in [5.74, 6) is 2.40. The zero-order chi connectivity index (χ0) is 10.8. The zero-order valence-corrected chi connectivity index (χ0v) is 9.91. The van der Waals surface area contributed by atoms with Crippen molar-refractivity contribution in [3.8, 4) is 0 Å². The van der Waals surface area contributed by atoms with Crippen molar-refractivity contribution in [3.63, 3.8) is 0 Å². The molecule has 0 radical (unpaired) electrons. The van der Waals surface area contributed by atoms with Crippen LogP contribution in [0.2, 0.25) is 5.15 Å². The molecule has 1 saturated heterocycles. The normalized spacial score (nSPS) is 26.7. The van der Waals surface area contributed by atoms with Crippen molar-refractivity contribution in [1.82, 2.24) is 10.2 Å². The van der Waals surface area contributed by atoms with E-state index in [0.29, 0.717) is 5.15 Å². The predicted octanol–water partition coefficient (Wildman–Crippen LogP) is 2.61. The highest BCUT2D eigenvalue weighted by Gasteiger charge is 2.22. The fraction of sp³-hybridized carbons (Fsp3) is 0.636. The van der Waals surface area contributed by atoms with Crippen molar-refractivity contribution in [3.05, 3.63) is 17.3 Å². The average Bonchev–Trinajstić information content (AvgIpc) is 2.17. The number of piperidine rings is 1. The van der Waals surface area contributed by atoms with Gasteiger partial charge >= 0.3 is 0 Å². The molecule has 3 nitrogen and oxygen atoms in total. The van der Waals surface area contributed by atoms with Gasteiger partial charge in [0.25, 0.3) is 0 Å². The monoisotopic (exact) mass is 225 g/mol. The second-order valence-corrected chi connectivity index (χ2v) is 4.95. The number of halogens is 1. The maximum Gasteiger partial charge on any atom is 0.151 e. The van der Waals surface area contributed by atoms with Crippen molar-refractivity contribution in [2.24, 2.45) is 11.8 Å². The number of aromatic nitrogens is 2. The molecule has 0 unspecified atom stereocenters. The van der Waals surface area contributed by atoms with Crippen molar-refractivity contribution in [2.45, 2.75) is 20.3 Å². The van der Waals surface area contributed by atoms with Gasteiger partial charge in [-0.1, -0.05) is 25.4 Å². The molecule has 1 aliphatic rings. The second-order valence-electron chi connectivity index (χ2n) is 4.57. The Labute approximate surface area is 95.5 Å². The van der Waals surface area contributed by atoms with Crippen LogP contribution in [0.5, 0.6) is 0 Å². The minimum atomic E-state index is 0.455. The maximum absolute atomic E-state index is 5.72. The summed E-state index contributed by atoms with van der Waals surface area (Å²) in [6.45, 7) is 6.71. The zero-order valence-electron chi connectivity index (χ0n) is 9.15.